The van der Waals surface area contributed by atoms with Crippen LogP contribution in [0, 0.1) is 5.41 Å². The molecule has 1 rings (SSSR count). The van der Waals surface area contributed by atoms with Crippen molar-refractivity contribution in [3.05, 3.63) is 36.5 Å². The molecule has 0 fully saturated rings. The van der Waals surface area contributed by atoms with Gasteiger partial charge in [-0.3, -0.25) is 9.59 Å². The molecule has 0 aromatic carbocycles. The van der Waals surface area contributed by atoms with E-state index >= 15 is 0 Å². The van der Waals surface area contributed by atoms with E-state index in [1.807, 2.05) is 0 Å². The van der Waals surface area contributed by atoms with E-state index in [-0.39, 0.29) is 0 Å². The highest BCUT2D eigenvalue weighted by Gasteiger charge is 2.43. The summed E-state index contributed by atoms with van der Waals surface area (Å²) in [5.41, 5.74) is -1.47. The van der Waals surface area contributed by atoms with E-state index < -0.39 is 17.4 Å². The number of allylic oxidation sites excluding steroid dienone is 4. The summed E-state index contributed by atoms with van der Waals surface area (Å²) >= 11 is 0. The average Bonchev–Trinajstić information content (AvgIpc) is 2.53. The van der Waals surface area contributed by atoms with Crippen LogP contribution in [0.15, 0.2) is 36.5 Å². The number of hydrogen-bond acceptors (Lipinski definition) is 4. The van der Waals surface area contributed by atoms with Crippen LogP contribution in [0.3, 0.4) is 0 Å². The summed E-state index contributed by atoms with van der Waals surface area (Å²) < 4.78 is 9.20. The molecule has 0 aliphatic heterocycles. The predicted molar refractivity (Wildman–Crippen MR) is 53.9 cm³/mol. The van der Waals surface area contributed by atoms with Gasteiger partial charge in [-0.15, -0.1) is 0 Å². The van der Waals surface area contributed by atoms with Crippen molar-refractivity contribution in [1.82, 2.24) is 0 Å². The molecular formula is C11H12O4. The van der Waals surface area contributed by atoms with Crippen LogP contribution in [0.25, 0.3) is 0 Å². The van der Waals surface area contributed by atoms with Crippen molar-refractivity contribution in [1.29, 1.82) is 0 Å². The summed E-state index contributed by atoms with van der Waals surface area (Å²) in [7, 11) is 2.46. The molecule has 0 saturated heterocycles. The molecule has 0 radical (unpaired) electrons. The van der Waals surface area contributed by atoms with Crippen LogP contribution >= 0.6 is 0 Å². The molecule has 4 nitrogen and oxygen atoms in total. The average molecular weight is 208 g/mol. The first-order chi connectivity index (χ1) is 7.17. The summed E-state index contributed by atoms with van der Waals surface area (Å²) in [5.74, 6) is -1.32. The molecule has 0 aromatic rings. The van der Waals surface area contributed by atoms with Crippen molar-refractivity contribution in [3.63, 3.8) is 0 Å². The maximum Gasteiger partial charge on any atom is 0.331 e. The highest BCUT2D eigenvalue weighted by Crippen LogP contribution is 2.26. The molecule has 80 valence electrons. The number of methoxy groups -OCH3 is 2. The number of rotatable bonds is 2. The Hall–Kier alpha value is -1.84. The second kappa shape index (κ2) is 4.59. The van der Waals surface area contributed by atoms with Gasteiger partial charge in [0.1, 0.15) is 0 Å². The van der Waals surface area contributed by atoms with Crippen molar-refractivity contribution in [2.75, 3.05) is 14.2 Å². The van der Waals surface area contributed by atoms with Crippen LogP contribution in [0.4, 0.5) is 0 Å². The minimum atomic E-state index is -1.47. The zero-order chi connectivity index (χ0) is 11.3. The largest absolute Gasteiger partial charge is 0.468 e. The lowest BCUT2D eigenvalue weighted by atomic mass is 9.87. The molecule has 0 amide bonds. The zero-order valence-electron chi connectivity index (χ0n) is 8.60. The second-order valence-corrected chi connectivity index (χ2v) is 2.96. The Morgan fingerprint density at radius 1 is 0.867 bits per heavy atom. The number of carbonyl (C=O) groups is 2. The Labute approximate surface area is 87.9 Å². The molecule has 1 aliphatic rings. The summed E-state index contributed by atoms with van der Waals surface area (Å²) in [6.07, 6.45) is 9.53. The number of hydrogen-bond donors (Lipinski definition) is 0. The fourth-order valence-corrected chi connectivity index (χ4v) is 1.29. The van der Waals surface area contributed by atoms with Gasteiger partial charge in [-0.25, -0.2) is 0 Å². The van der Waals surface area contributed by atoms with E-state index in [0.717, 1.165) is 0 Å². The van der Waals surface area contributed by atoms with Gasteiger partial charge in [0.2, 0.25) is 5.41 Å². The third-order valence-electron chi connectivity index (χ3n) is 2.10. The molecule has 0 bridgehead atoms. The third kappa shape index (κ3) is 1.98. The van der Waals surface area contributed by atoms with Crippen LogP contribution in [0.1, 0.15) is 0 Å². The molecule has 0 saturated carbocycles. The monoisotopic (exact) mass is 208 g/mol. The molecule has 0 heterocycles. The minimum Gasteiger partial charge on any atom is -0.468 e. The van der Waals surface area contributed by atoms with E-state index in [2.05, 4.69) is 9.47 Å². The normalized spacial score (nSPS) is 16.9. The Kier molecular flexibility index (Phi) is 3.44. The lowest BCUT2D eigenvalue weighted by Gasteiger charge is -2.20. The highest BCUT2D eigenvalue weighted by molar-refractivity contribution is 6.04. The lowest BCUT2D eigenvalue weighted by Crippen LogP contribution is -2.37. The summed E-state index contributed by atoms with van der Waals surface area (Å²) in [6, 6.07) is 0. The molecular weight excluding hydrogens is 196 g/mol. The van der Waals surface area contributed by atoms with Gasteiger partial charge in [-0.05, 0) is 0 Å². The van der Waals surface area contributed by atoms with Gasteiger partial charge >= 0.3 is 11.9 Å². The van der Waals surface area contributed by atoms with Gasteiger partial charge in [0.05, 0.1) is 14.2 Å². The maximum atomic E-state index is 11.6. The molecule has 0 unspecified atom stereocenters. The smallest absolute Gasteiger partial charge is 0.331 e. The molecule has 1 aliphatic carbocycles. The summed E-state index contributed by atoms with van der Waals surface area (Å²) in [6.45, 7) is 0. The maximum absolute atomic E-state index is 11.6. The number of carbonyl (C=O) groups excluding carboxylic acids is 2. The highest BCUT2D eigenvalue weighted by atomic mass is 16.5. The Bertz CT molecular complexity index is 316. The fourth-order valence-electron chi connectivity index (χ4n) is 1.29. The fraction of sp³-hybridized carbons (Fsp3) is 0.273. The van der Waals surface area contributed by atoms with Gasteiger partial charge in [0.25, 0.3) is 0 Å². The van der Waals surface area contributed by atoms with Crippen LogP contribution in [-0.2, 0) is 19.1 Å². The first-order valence-corrected chi connectivity index (χ1v) is 4.38. The van der Waals surface area contributed by atoms with Gasteiger partial charge in [-0.1, -0.05) is 36.5 Å². The second-order valence-electron chi connectivity index (χ2n) is 2.96. The Balaban J connectivity index is 3.17. The molecule has 0 atom stereocenters. The Morgan fingerprint density at radius 2 is 1.27 bits per heavy atom. The quantitative estimate of drug-likeness (QED) is 0.502. The van der Waals surface area contributed by atoms with Gasteiger partial charge in [0, 0.05) is 0 Å². The zero-order valence-corrected chi connectivity index (χ0v) is 8.60. The van der Waals surface area contributed by atoms with E-state index in [0.29, 0.717) is 0 Å². The third-order valence-corrected chi connectivity index (χ3v) is 2.10. The van der Waals surface area contributed by atoms with Crippen LogP contribution in [0.2, 0.25) is 0 Å². The van der Waals surface area contributed by atoms with E-state index in [4.69, 9.17) is 0 Å². The van der Waals surface area contributed by atoms with Gasteiger partial charge < -0.3 is 9.47 Å². The van der Waals surface area contributed by atoms with Crippen LogP contribution < -0.4 is 0 Å². The van der Waals surface area contributed by atoms with Crippen LogP contribution in [-0.4, -0.2) is 26.2 Å². The molecule has 0 N–H and O–H groups in total. The molecule has 0 spiro atoms. The molecule has 4 heteroatoms. The van der Waals surface area contributed by atoms with Crippen molar-refractivity contribution in [3.8, 4) is 0 Å². The standard InChI is InChI=1S/C11H12O4/c1-14-9(12)11(10(13)15-2)7-5-3-4-6-8-11/h3-8H,1-2H3. The topological polar surface area (TPSA) is 52.6 Å². The Morgan fingerprint density at radius 3 is 1.60 bits per heavy atom. The summed E-state index contributed by atoms with van der Waals surface area (Å²) in [4.78, 5) is 23.2. The first-order valence-electron chi connectivity index (χ1n) is 4.38. The summed E-state index contributed by atoms with van der Waals surface area (Å²) in [5, 5.41) is 0. The molecule has 15 heavy (non-hydrogen) atoms. The van der Waals surface area contributed by atoms with E-state index in [1.165, 1.54) is 26.4 Å². The molecule has 0 aromatic heterocycles. The predicted octanol–water partition coefficient (Wildman–Crippen LogP) is 1.00. The van der Waals surface area contributed by atoms with Crippen molar-refractivity contribution in [2.45, 2.75) is 0 Å². The van der Waals surface area contributed by atoms with Crippen molar-refractivity contribution < 1.29 is 19.1 Å². The van der Waals surface area contributed by atoms with E-state index in [1.54, 1.807) is 24.3 Å². The SMILES string of the molecule is COC(=O)C1(C(=O)OC)C=CC=CC=C1. The minimum absolute atomic E-state index is 0.662. The van der Waals surface area contributed by atoms with E-state index in [9.17, 15) is 9.59 Å². The van der Waals surface area contributed by atoms with Crippen LogP contribution in [0.5, 0.6) is 0 Å². The first kappa shape index (κ1) is 11.2. The van der Waals surface area contributed by atoms with Crippen molar-refractivity contribution >= 4 is 11.9 Å². The number of ether oxygens (including phenoxy) is 2. The van der Waals surface area contributed by atoms with Gasteiger partial charge in [0.15, 0.2) is 0 Å². The number of esters is 2. The van der Waals surface area contributed by atoms with Crippen molar-refractivity contribution in [2.24, 2.45) is 5.41 Å². The van der Waals surface area contributed by atoms with Gasteiger partial charge in [-0.2, -0.15) is 0 Å². The lowest BCUT2D eigenvalue weighted by molar-refractivity contribution is -0.161.